The molecule has 0 unspecified atom stereocenters. The molecule has 1 heterocycles. The Labute approximate surface area is 199 Å². The normalized spacial score (nSPS) is 10.9. The van der Waals surface area contributed by atoms with Crippen LogP contribution in [-0.2, 0) is 0 Å². The number of hydrogen-bond donors (Lipinski definition) is 0. The topological polar surface area (TPSA) is 45.7 Å². The number of nitrogens with zero attached hydrogens (tertiary/aromatic N) is 3. The molecule has 0 fully saturated rings. The summed E-state index contributed by atoms with van der Waals surface area (Å²) in [6, 6.07) is 13.7. The average molecular weight is 480 g/mol. The second-order valence-corrected chi connectivity index (χ2v) is 9.09. The van der Waals surface area contributed by atoms with Crippen LogP contribution in [0.25, 0.3) is 10.2 Å². The lowest BCUT2D eigenvalue weighted by Gasteiger charge is -2.24. The van der Waals surface area contributed by atoms with E-state index in [2.05, 4.69) is 25.7 Å². The highest BCUT2D eigenvalue weighted by molar-refractivity contribution is 7.99. The Bertz CT molecular complexity index is 975. The Morgan fingerprint density at radius 3 is 2.39 bits per heavy atom. The van der Waals surface area contributed by atoms with E-state index < -0.39 is 0 Å². The fourth-order valence-electron chi connectivity index (χ4n) is 3.27. The molecule has 1 amide bonds. The van der Waals surface area contributed by atoms with Crippen LogP contribution in [0.1, 0.15) is 31.1 Å². The highest BCUT2D eigenvalue weighted by Gasteiger charge is 2.22. The number of aromatic nitrogens is 1. The molecular weight excluding hydrogens is 450 g/mol. The molecule has 0 aliphatic heterocycles. The van der Waals surface area contributed by atoms with Gasteiger partial charge in [-0.3, -0.25) is 9.69 Å². The highest BCUT2D eigenvalue weighted by Crippen LogP contribution is 2.34. The smallest absolute Gasteiger partial charge is 0.260 e. The molecule has 0 saturated heterocycles. The molecule has 3 rings (SSSR count). The van der Waals surface area contributed by atoms with Gasteiger partial charge in [-0.05, 0) is 55.2 Å². The number of halogens is 1. The number of anilines is 1. The van der Waals surface area contributed by atoms with Gasteiger partial charge in [0.05, 0.1) is 11.8 Å². The maximum Gasteiger partial charge on any atom is 0.260 e. The fraction of sp³-hybridized carbons (Fsp3) is 0.391. The summed E-state index contributed by atoms with van der Waals surface area (Å²) >= 11 is 3.30. The van der Waals surface area contributed by atoms with Crippen molar-refractivity contribution >= 4 is 56.8 Å². The minimum absolute atomic E-state index is 0. The second-order valence-electron chi connectivity index (χ2n) is 6.74. The molecule has 31 heavy (non-hydrogen) atoms. The third-order valence-electron chi connectivity index (χ3n) is 5.01. The minimum Gasteiger partial charge on any atom is -0.494 e. The van der Waals surface area contributed by atoms with E-state index >= 15 is 0 Å². The van der Waals surface area contributed by atoms with Crippen molar-refractivity contribution in [3.8, 4) is 5.75 Å². The van der Waals surface area contributed by atoms with Crippen LogP contribution in [0.2, 0.25) is 0 Å². The van der Waals surface area contributed by atoms with E-state index in [1.54, 1.807) is 18.9 Å². The number of hydrogen-bond acceptors (Lipinski definition) is 6. The Morgan fingerprint density at radius 1 is 1.06 bits per heavy atom. The Hall–Kier alpha value is -1.80. The third kappa shape index (κ3) is 6.13. The maximum absolute atomic E-state index is 13.5. The molecule has 1 aromatic heterocycles. The second kappa shape index (κ2) is 12.3. The van der Waals surface area contributed by atoms with Crippen molar-refractivity contribution in [3.63, 3.8) is 0 Å². The standard InChI is InChI=1S/C23H29N3O2S2.ClH/c1-5-25(6-2)15-16-26(22(27)17-11-13-18(14-12-17)29-7-3)23-24-21-19(28-4)9-8-10-20(21)30-23;/h8-14H,5-7,15-16H2,1-4H3;1H. The van der Waals surface area contributed by atoms with Gasteiger partial charge in [0.25, 0.3) is 5.91 Å². The number of amides is 1. The molecule has 0 bridgehead atoms. The van der Waals surface area contributed by atoms with E-state index in [4.69, 9.17) is 9.72 Å². The van der Waals surface area contributed by atoms with Crippen LogP contribution in [0, 0.1) is 0 Å². The van der Waals surface area contributed by atoms with Crippen molar-refractivity contribution in [2.45, 2.75) is 25.7 Å². The van der Waals surface area contributed by atoms with Crippen molar-refractivity contribution in [3.05, 3.63) is 48.0 Å². The lowest BCUT2D eigenvalue weighted by Crippen LogP contribution is -2.38. The summed E-state index contributed by atoms with van der Waals surface area (Å²) in [7, 11) is 1.65. The molecular formula is C23H30ClN3O2S2. The maximum atomic E-state index is 13.5. The number of ether oxygens (including phenoxy) is 1. The fourth-order valence-corrected chi connectivity index (χ4v) is 4.94. The number of benzene rings is 2. The zero-order chi connectivity index (χ0) is 21.5. The summed E-state index contributed by atoms with van der Waals surface area (Å²) in [5.74, 6) is 1.72. The van der Waals surface area contributed by atoms with Gasteiger partial charge in [0.2, 0.25) is 0 Å². The number of thiazole rings is 1. The van der Waals surface area contributed by atoms with Gasteiger partial charge in [0.1, 0.15) is 11.3 Å². The molecule has 0 radical (unpaired) electrons. The van der Waals surface area contributed by atoms with Crippen LogP contribution in [0.15, 0.2) is 47.4 Å². The van der Waals surface area contributed by atoms with Gasteiger partial charge in [0.15, 0.2) is 5.13 Å². The monoisotopic (exact) mass is 479 g/mol. The van der Waals surface area contributed by atoms with Crippen molar-refractivity contribution < 1.29 is 9.53 Å². The quantitative estimate of drug-likeness (QED) is 0.342. The largest absolute Gasteiger partial charge is 0.494 e. The zero-order valence-electron chi connectivity index (χ0n) is 18.5. The molecule has 0 atom stereocenters. The molecule has 8 heteroatoms. The van der Waals surface area contributed by atoms with Crippen LogP contribution >= 0.6 is 35.5 Å². The Morgan fingerprint density at radius 2 is 1.77 bits per heavy atom. The molecule has 0 aliphatic carbocycles. The highest BCUT2D eigenvalue weighted by atomic mass is 35.5. The predicted octanol–water partition coefficient (Wildman–Crippen LogP) is 5.83. The molecule has 5 nitrogen and oxygen atoms in total. The molecule has 0 spiro atoms. The van der Waals surface area contributed by atoms with Gasteiger partial charge in [-0.2, -0.15) is 0 Å². The molecule has 0 saturated carbocycles. The number of fused-ring (bicyclic) bond motifs is 1. The number of methoxy groups -OCH3 is 1. The van der Waals surface area contributed by atoms with Crippen molar-refractivity contribution in [1.29, 1.82) is 0 Å². The van der Waals surface area contributed by atoms with Gasteiger partial charge in [-0.25, -0.2) is 4.98 Å². The van der Waals surface area contributed by atoms with Crippen LogP contribution in [-0.4, -0.2) is 54.8 Å². The van der Waals surface area contributed by atoms with Crippen LogP contribution in [0.3, 0.4) is 0 Å². The SMILES string of the molecule is CCSc1ccc(C(=O)N(CCN(CC)CC)c2nc3c(OC)cccc3s2)cc1.Cl. The first kappa shape index (κ1) is 25.5. The van der Waals surface area contributed by atoms with Gasteiger partial charge in [-0.15, -0.1) is 24.2 Å². The van der Waals surface area contributed by atoms with E-state index in [-0.39, 0.29) is 18.3 Å². The number of para-hydroxylation sites is 1. The summed E-state index contributed by atoms with van der Waals surface area (Å²) in [6.45, 7) is 9.71. The van der Waals surface area contributed by atoms with Crippen molar-refractivity contribution in [1.82, 2.24) is 9.88 Å². The molecule has 0 N–H and O–H groups in total. The van der Waals surface area contributed by atoms with Crippen LogP contribution in [0.5, 0.6) is 5.75 Å². The van der Waals surface area contributed by atoms with Gasteiger partial charge in [-0.1, -0.05) is 38.2 Å². The summed E-state index contributed by atoms with van der Waals surface area (Å²) in [5.41, 5.74) is 1.48. The number of likely N-dealkylation sites (N-methyl/N-ethyl adjacent to an activating group) is 1. The first-order valence-corrected chi connectivity index (χ1v) is 12.1. The van der Waals surface area contributed by atoms with E-state index in [0.29, 0.717) is 17.2 Å². The minimum atomic E-state index is -0.0202. The molecule has 3 aromatic rings. The lowest BCUT2D eigenvalue weighted by molar-refractivity contribution is 0.0983. The van der Waals surface area contributed by atoms with Crippen LogP contribution in [0.4, 0.5) is 5.13 Å². The van der Waals surface area contributed by atoms with Crippen LogP contribution < -0.4 is 9.64 Å². The molecule has 168 valence electrons. The van der Waals surface area contributed by atoms with Gasteiger partial charge in [0, 0.05) is 23.5 Å². The number of carbonyl (C=O) groups is 1. The Kier molecular flexibility index (Phi) is 10.1. The molecule has 2 aromatic carbocycles. The summed E-state index contributed by atoms with van der Waals surface area (Å²) < 4.78 is 6.48. The van der Waals surface area contributed by atoms with E-state index in [1.807, 2.05) is 47.4 Å². The average Bonchev–Trinajstić information content (AvgIpc) is 3.21. The Balaban J connectivity index is 0.00000341. The van der Waals surface area contributed by atoms with E-state index in [9.17, 15) is 4.79 Å². The van der Waals surface area contributed by atoms with E-state index in [1.165, 1.54) is 16.2 Å². The van der Waals surface area contributed by atoms with Crippen molar-refractivity contribution in [2.24, 2.45) is 0 Å². The molecule has 0 aliphatic rings. The number of rotatable bonds is 10. The first-order valence-electron chi connectivity index (χ1n) is 10.3. The zero-order valence-corrected chi connectivity index (χ0v) is 20.9. The lowest BCUT2D eigenvalue weighted by atomic mass is 10.2. The predicted molar refractivity (Wildman–Crippen MR) is 136 cm³/mol. The van der Waals surface area contributed by atoms with Gasteiger partial charge < -0.3 is 9.64 Å². The summed E-state index contributed by atoms with van der Waals surface area (Å²) in [5, 5.41) is 0.707. The van der Waals surface area contributed by atoms with Gasteiger partial charge >= 0.3 is 0 Å². The van der Waals surface area contributed by atoms with E-state index in [0.717, 1.165) is 41.4 Å². The third-order valence-corrected chi connectivity index (χ3v) is 6.95. The first-order chi connectivity index (χ1) is 14.6. The summed E-state index contributed by atoms with van der Waals surface area (Å²) in [6.07, 6.45) is 0. The number of thioether (sulfide) groups is 1. The van der Waals surface area contributed by atoms with Crippen molar-refractivity contribution in [2.75, 3.05) is 43.9 Å². The number of carbonyl (C=O) groups excluding carboxylic acids is 1. The summed E-state index contributed by atoms with van der Waals surface area (Å²) in [4.78, 5) is 23.6.